The third kappa shape index (κ3) is 3.54. The average Bonchev–Trinajstić information content (AvgIpc) is 2.59. The van der Waals surface area contributed by atoms with E-state index >= 15 is 0 Å². The highest BCUT2D eigenvalue weighted by molar-refractivity contribution is 5.77. The van der Waals surface area contributed by atoms with Crippen LogP contribution in [-0.4, -0.2) is 36.0 Å². The largest absolute Gasteiger partial charge is 0.277 e. The molecule has 1 heterocycles. The summed E-state index contributed by atoms with van der Waals surface area (Å²) in [7, 11) is 0. The molecule has 0 aromatic carbocycles. The van der Waals surface area contributed by atoms with Crippen molar-refractivity contribution in [2.45, 2.75) is 72.3 Å². The van der Waals surface area contributed by atoms with Gasteiger partial charge < -0.3 is 0 Å². The van der Waals surface area contributed by atoms with E-state index in [4.69, 9.17) is 4.99 Å². The summed E-state index contributed by atoms with van der Waals surface area (Å²) in [4.78, 5) is 5.05. The van der Waals surface area contributed by atoms with Crippen LogP contribution in [0.5, 0.6) is 0 Å². The van der Waals surface area contributed by atoms with Crippen LogP contribution in [0.4, 0.5) is 0 Å². The van der Waals surface area contributed by atoms with Gasteiger partial charge in [-0.25, -0.2) is 4.99 Å². The second kappa shape index (κ2) is 7.15. The van der Waals surface area contributed by atoms with Crippen molar-refractivity contribution < 1.29 is 4.48 Å². The van der Waals surface area contributed by atoms with Crippen LogP contribution in [0, 0.1) is 0 Å². The molecule has 1 aliphatic heterocycles. The van der Waals surface area contributed by atoms with E-state index in [1.807, 2.05) is 0 Å². The number of amidine groups is 1. The molecule has 0 bridgehead atoms. The van der Waals surface area contributed by atoms with Crippen molar-refractivity contribution >= 4 is 5.84 Å². The van der Waals surface area contributed by atoms with Gasteiger partial charge in [0, 0.05) is 6.42 Å². The molecule has 17 heavy (non-hydrogen) atoms. The SMILES string of the molecule is CCCC1=NC(CCC)C[N+]1(CCC)CCC. The molecule has 0 saturated heterocycles. The second-order valence-corrected chi connectivity index (χ2v) is 5.51. The monoisotopic (exact) mass is 239 g/mol. The lowest BCUT2D eigenvalue weighted by Gasteiger charge is -2.35. The molecule has 1 aliphatic rings. The predicted octanol–water partition coefficient (Wildman–Crippen LogP) is 4.00. The van der Waals surface area contributed by atoms with Crippen LogP contribution in [0.2, 0.25) is 0 Å². The molecule has 0 fully saturated rings. The molecule has 0 aromatic heterocycles. The Morgan fingerprint density at radius 2 is 1.65 bits per heavy atom. The summed E-state index contributed by atoms with van der Waals surface area (Å²) in [5, 5.41) is 0. The van der Waals surface area contributed by atoms with E-state index in [-0.39, 0.29) is 0 Å². The zero-order valence-electron chi connectivity index (χ0n) is 12.3. The molecule has 2 nitrogen and oxygen atoms in total. The van der Waals surface area contributed by atoms with Gasteiger partial charge in [-0.05, 0) is 25.7 Å². The predicted molar refractivity (Wildman–Crippen MR) is 76.5 cm³/mol. The van der Waals surface area contributed by atoms with Gasteiger partial charge in [-0.1, -0.05) is 34.1 Å². The zero-order chi connectivity index (χ0) is 12.7. The highest BCUT2D eigenvalue weighted by Crippen LogP contribution is 2.26. The molecule has 0 amide bonds. The van der Waals surface area contributed by atoms with Crippen molar-refractivity contribution in [3.63, 3.8) is 0 Å². The minimum atomic E-state index is 0.611. The maximum atomic E-state index is 5.05. The van der Waals surface area contributed by atoms with Crippen LogP contribution >= 0.6 is 0 Å². The highest BCUT2D eigenvalue weighted by Gasteiger charge is 2.40. The summed E-state index contributed by atoms with van der Waals surface area (Å²) in [5.74, 6) is 1.51. The number of nitrogens with zero attached hydrogens (tertiary/aromatic N) is 2. The first kappa shape index (κ1) is 14.7. The zero-order valence-corrected chi connectivity index (χ0v) is 12.3. The molecular weight excluding hydrogens is 208 g/mol. The molecule has 1 rings (SSSR count). The van der Waals surface area contributed by atoms with E-state index in [0.717, 1.165) is 0 Å². The Bertz CT molecular complexity index is 239. The first-order valence-electron chi connectivity index (χ1n) is 7.65. The van der Waals surface area contributed by atoms with E-state index in [2.05, 4.69) is 27.7 Å². The summed E-state index contributed by atoms with van der Waals surface area (Å²) in [5.41, 5.74) is 0. The maximum Gasteiger partial charge on any atom is 0.198 e. The van der Waals surface area contributed by atoms with Gasteiger partial charge in [-0.2, -0.15) is 0 Å². The fourth-order valence-electron chi connectivity index (χ4n) is 3.31. The van der Waals surface area contributed by atoms with Gasteiger partial charge in [0.1, 0.15) is 12.6 Å². The number of aliphatic imine (C=N–C) groups is 1. The summed E-state index contributed by atoms with van der Waals surface area (Å²) < 4.78 is 1.21. The Labute approximate surface area is 108 Å². The maximum absolute atomic E-state index is 5.05. The first-order valence-corrected chi connectivity index (χ1v) is 7.65. The van der Waals surface area contributed by atoms with Crippen molar-refractivity contribution in [1.29, 1.82) is 0 Å². The van der Waals surface area contributed by atoms with E-state index in [0.29, 0.717) is 6.04 Å². The van der Waals surface area contributed by atoms with Gasteiger partial charge in [0.15, 0.2) is 5.84 Å². The molecule has 0 saturated carbocycles. The smallest absolute Gasteiger partial charge is 0.198 e. The standard InChI is InChI=1S/C15H31N2/c1-5-9-14-13-17(11-7-3,12-8-4)15(16-14)10-6-2/h14H,5-13H2,1-4H3/q+1. The van der Waals surface area contributed by atoms with Gasteiger partial charge in [0.25, 0.3) is 0 Å². The van der Waals surface area contributed by atoms with Gasteiger partial charge >= 0.3 is 0 Å². The van der Waals surface area contributed by atoms with Gasteiger partial charge in [0.05, 0.1) is 13.1 Å². The van der Waals surface area contributed by atoms with Crippen molar-refractivity contribution in [3.8, 4) is 0 Å². The van der Waals surface area contributed by atoms with Crippen molar-refractivity contribution in [3.05, 3.63) is 0 Å². The third-order valence-corrected chi connectivity index (χ3v) is 3.84. The molecule has 2 heteroatoms. The van der Waals surface area contributed by atoms with Crippen molar-refractivity contribution in [1.82, 2.24) is 0 Å². The number of hydrogen-bond donors (Lipinski definition) is 0. The van der Waals surface area contributed by atoms with Gasteiger partial charge in [-0.3, -0.25) is 4.48 Å². The summed E-state index contributed by atoms with van der Waals surface area (Å²) in [6.45, 7) is 13.1. The molecule has 0 aromatic rings. The normalized spacial score (nSPS) is 22.8. The Morgan fingerprint density at radius 3 is 2.12 bits per heavy atom. The van der Waals surface area contributed by atoms with Gasteiger partial charge in [0.2, 0.25) is 0 Å². The van der Waals surface area contributed by atoms with E-state index in [9.17, 15) is 0 Å². The highest BCUT2D eigenvalue weighted by atomic mass is 15.4. The number of hydrogen-bond acceptors (Lipinski definition) is 1. The topological polar surface area (TPSA) is 12.4 Å². The lowest BCUT2D eigenvalue weighted by Crippen LogP contribution is -2.52. The van der Waals surface area contributed by atoms with E-state index in [1.54, 1.807) is 0 Å². The molecule has 0 radical (unpaired) electrons. The molecule has 1 unspecified atom stereocenters. The summed E-state index contributed by atoms with van der Waals surface area (Å²) in [6.07, 6.45) is 7.56. The molecule has 0 aliphatic carbocycles. The number of quaternary nitrogens is 1. The van der Waals surface area contributed by atoms with Crippen LogP contribution in [0.1, 0.15) is 66.2 Å². The molecular formula is C15H31N2+. The molecule has 100 valence electrons. The molecule has 0 spiro atoms. The van der Waals surface area contributed by atoms with Crippen LogP contribution in [0.25, 0.3) is 0 Å². The Balaban J connectivity index is 2.82. The third-order valence-electron chi connectivity index (χ3n) is 3.84. The second-order valence-electron chi connectivity index (χ2n) is 5.51. The minimum Gasteiger partial charge on any atom is -0.277 e. The quantitative estimate of drug-likeness (QED) is 0.568. The fourth-order valence-corrected chi connectivity index (χ4v) is 3.31. The number of rotatable bonds is 8. The molecule has 1 atom stereocenters. The van der Waals surface area contributed by atoms with Crippen LogP contribution in [-0.2, 0) is 0 Å². The van der Waals surface area contributed by atoms with Gasteiger partial charge in [-0.15, -0.1) is 0 Å². The van der Waals surface area contributed by atoms with Crippen LogP contribution in [0.15, 0.2) is 4.99 Å². The summed E-state index contributed by atoms with van der Waals surface area (Å²) in [6, 6.07) is 0.611. The summed E-state index contributed by atoms with van der Waals surface area (Å²) >= 11 is 0. The van der Waals surface area contributed by atoms with Crippen molar-refractivity contribution in [2.75, 3.05) is 19.6 Å². The van der Waals surface area contributed by atoms with Crippen LogP contribution < -0.4 is 0 Å². The minimum absolute atomic E-state index is 0.611. The van der Waals surface area contributed by atoms with E-state index < -0.39 is 0 Å². The van der Waals surface area contributed by atoms with E-state index in [1.165, 1.54) is 68.5 Å². The van der Waals surface area contributed by atoms with Crippen molar-refractivity contribution in [2.24, 2.45) is 4.99 Å². The first-order chi connectivity index (χ1) is 8.22. The van der Waals surface area contributed by atoms with Crippen LogP contribution in [0.3, 0.4) is 0 Å². The Hall–Kier alpha value is -0.370. The molecule has 0 N–H and O–H groups in total. The Morgan fingerprint density at radius 1 is 1.00 bits per heavy atom. The lowest BCUT2D eigenvalue weighted by molar-refractivity contribution is -0.838. The average molecular weight is 239 g/mol. The Kier molecular flexibility index (Phi) is 6.18. The fraction of sp³-hybridized carbons (Fsp3) is 0.933. The lowest BCUT2D eigenvalue weighted by atomic mass is 10.1.